The number of ether oxygens (including phenoxy) is 1. The number of hydrogen-bond acceptors (Lipinski definition) is 4. The molecular formula is C12H25N3O2. The number of rotatable bonds is 6. The highest BCUT2D eigenvalue weighted by molar-refractivity contribution is 5.78. The van der Waals surface area contributed by atoms with Crippen molar-refractivity contribution in [1.29, 1.82) is 0 Å². The quantitative estimate of drug-likeness (QED) is 0.634. The maximum atomic E-state index is 12.0. The molecule has 5 heteroatoms. The third kappa shape index (κ3) is 4.26. The summed E-state index contributed by atoms with van der Waals surface area (Å²) in [6, 6.07) is 0.209. The zero-order valence-corrected chi connectivity index (χ0v) is 10.9. The standard InChI is InChI=1S/C12H25N3O2/c1-10-4-3-6-15(11(10)8-13)12(16)9-14-5-7-17-2/h10-11,14H,3-9,13H2,1-2H3/t10-,11-/m1/s1. The fourth-order valence-electron chi connectivity index (χ4n) is 2.39. The molecule has 0 radical (unpaired) electrons. The molecule has 1 fully saturated rings. The van der Waals surface area contributed by atoms with E-state index in [1.807, 2.05) is 4.90 Å². The summed E-state index contributed by atoms with van der Waals surface area (Å²) in [7, 11) is 1.65. The SMILES string of the molecule is COCCNCC(=O)N1CCC[C@@H](C)[C@H]1CN. The molecular weight excluding hydrogens is 218 g/mol. The van der Waals surface area contributed by atoms with E-state index in [9.17, 15) is 4.79 Å². The number of likely N-dealkylation sites (tertiary alicyclic amines) is 1. The number of carbonyl (C=O) groups excluding carboxylic acids is 1. The van der Waals surface area contributed by atoms with Gasteiger partial charge in [0.1, 0.15) is 0 Å². The van der Waals surface area contributed by atoms with E-state index in [1.54, 1.807) is 7.11 Å². The average Bonchev–Trinajstić information content (AvgIpc) is 2.34. The van der Waals surface area contributed by atoms with Gasteiger partial charge in [0, 0.05) is 32.8 Å². The Morgan fingerprint density at radius 2 is 2.35 bits per heavy atom. The first-order valence-corrected chi connectivity index (χ1v) is 6.40. The Labute approximate surface area is 104 Å². The molecule has 0 unspecified atom stereocenters. The van der Waals surface area contributed by atoms with Crippen LogP contribution in [0.2, 0.25) is 0 Å². The number of carbonyl (C=O) groups is 1. The monoisotopic (exact) mass is 243 g/mol. The van der Waals surface area contributed by atoms with Crippen molar-refractivity contribution >= 4 is 5.91 Å². The largest absolute Gasteiger partial charge is 0.383 e. The molecule has 1 rings (SSSR count). The molecule has 5 nitrogen and oxygen atoms in total. The Kier molecular flexibility index (Phi) is 6.47. The highest BCUT2D eigenvalue weighted by Gasteiger charge is 2.30. The van der Waals surface area contributed by atoms with E-state index in [4.69, 9.17) is 10.5 Å². The van der Waals surface area contributed by atoms with Gasteiger partial charge in [-0.2, -0.15) is 0 Å². The van der Waals surface area contributed by atoms with Crippen LogP contribution < -0.4 is 11.1 Å². The lowest BCUT2D eigenvalue weighted by molar-refractivity contribution is -0.135. The zero-order chi connectivity index (χ0) is 12.7. The van der Waals surface area contributed by atoms with Gasteiger partial charge in [-0.3, -0.25) is 4.79 Å². The maximum Gasteiger partial charge on any atom is 0.236 e. The van der Waals surface area contributed by atoms with Crippen molar-refractivity contribution in [3.05, 3.63) is 0 Å². The van der Waals surface area contributed by atoms with Crippen molar-refractivity contribution in [2.45, 2.75) is 25.8 Å². The lowest BCUT2D eigenvalue weighted by atomic mass is 9.91. The third-order valence-corrected chi connectivity index (χ3v) is 3.44. The van der Waals surface area contributed by atoms with Gasteiger partial charge in [0.05, 0.1) is 13.2 Å². The van der Waals surface area contributed by atoms with E-state index in [2.05, 4.69) is 12.2 Å². The van der Waals surface area contributed by atoms with Crippen LogP contribution in [0.4, 0.5) is 0 Å². The Balaban J connectivity index is 2.37. The summed E-state index contributed by atoms with van der Waals surface area (Å²) in [6.07, 6.45) is 2.25. The first-order chi connectivity index (χ1) is 8.20. The summed E-state index contributed by atoms with van der Waals surface area (Å²) in [5.41, 5.74) is 5.76. The third-order valence-electron chi connectivity index (χ3n) is 3.44. The molecule has 1 aliphatic rings. The molecule has 0 spiro atoms. The van der Waals surface area contributed by atoms with E-state index in [1.165, 1.54) is 6.42 Å². The van der Waals surface area contributed by atoms with Crippen molar-refractivity contribution in [3.8, 4) is 0 Å². The van der Waals surface area contributed by atoms with Crippen LogP contribution in [0.1, 0.15) is 19.8 Å². The summed E-state index contributed by atoms with van der Waals surface area (Å²) in [6.45, 7) is 5.30. The van der Waals surface area contributed by atoms with Crippen molar-refractivity contribution in [2.75, 3.05) is 39.9 Å². The molecule has 1 aliphatic heterocycles. The molecule has 1 heterocycles. The Bertz CT molecular complexity index is 236. The second kappa shape index (κ2) is 7.63. The first-order valence-electron chi connectivity index (χ1n) is 6.40. The Morgan fingerprint density at radius 3 is 3.00 bits per heavy atom. The van der Waals surface area contributed by atoms with Crippen LogP contribution >= 0.6 is 0 Å². The van der Waals surface area contributed by atoms with Crippen LogP contribution in [-0.2, 0) is 9.53 Å². The molecule has 100 valence electrons. The van der Waals surface area contributed by atoms with Crippen LogP contribution in [0.3, 0.4) is 0 Å². The van der Waals surface area contributed by atoms with Crippen LogP contribution in [0.25, 0.3) is 0 Å². The van der Waals surface area contributed by atoms with Crippen LogP contribution in [0.15, 0.2) is 0 Å². The van der Waals surface area contributed by atoms with E-state index >= 15 is 0 Å². The number of methoxy groups -OCH3 is 1. The predicted octanol–water partition coefficient (Wildman–Crippen LogP) is -0.192. The van der Waals surface area contributed by atoms with Gasteiger partial charge in [-0.1, -0.05) is 6.92 Å². The number of nitrogens with one attached hydrogen (secondary N) is 1. The van der Waals surface area contributed by atoms with Gasteiger partial charge in [0.25, 0.3) is 0 Å². The smallest absolute Gasteiger partial charge is 0.236 e. The molecule has 0 aromatic rings. The molecule has 0 aromatic carbocycles. The molecule has 17 heavy (non-hydrogen) atoms. The van der Waals surface area contributed by atoms with E-state index in [0.717, 1.165) is 13.0 Å². The minimum Gasteiger partial charge on any atom is -0.383 e. The molecule has 1 saturated heterocycles. The van der Waals surface area contributed by atoms with Gasteiger partial charge < -0.3 is 20.7 Å². The Morgan fingerprint density at radius 1 is 1.59 bits per heavy atom. The van der Waals surface area contributed by atoms with E-state index in [-0.39, 0.29) is 11.9 Å². The molecule has 0 aliphatic carbocycles. The number of amides is 1. The molecule has 3 N–H and O–H groups in total. The summed E-state index contributed by atoms with van der Waals surface area (Å²) in [5.74, 6) is 0.666. The van der Waals surface area contributed by atoms with Crippen LogP contribution in [0, 0.1) is 5.92 Å². The van der Waals surface area contributed by atoms with Gasteiger partial charge in [-0.05, 0) is 18.8 Å². The van der Waals surface area contributed by atoms with Crippen molar-refractivity contribution in [1.82, 2.24) is 10.2 Å². The highest BCUT2D eigenvalue weighted by atomic mass is 16.5. The minimum absolute atomic E-state index is 0.156. The molecule has 2 atom stereocenters. The second-order valence-electron chi connectivity index (χ2n) is 4.68. The second-order valence-corrected chi connectivity index (χ2v) is 4.68. The summed E-state index contributed by atoms with van der Waals surface area (Å²) in [5, 5.41) is 3.09. The van der Waals surface area contributed by atoms with Crippen molar-refractivity contribution in [3.63, 3.8) is 0 Å². The number of hydrogen-bond donors (Lipinski definition) is 2. The first kappa shape index (κ1) is 14.4. The van der Waals surface area contributed by atoms with Crippen molar-refractivity contribution in [2.24, 2.45) is 11.7 Å². The molecule has 0 aromatic heterocycles. The molecule has 0 bridgehead atoms. The van der Waals surface area contributed by atoms with Crippen LogP contribution in [-0.4, -0.2) is 56.7 Å². The summed E-state index contributed by atoms with van der Waals surface area (Å²) >= 11 is 0. The summed E-state index contributed by atoms with van der Waals surface area (Å²) < 4.78 is 4.92. The minimum atomic E-state index is 0.156. The Hall–Kier alpha value is -0.650. The predicted molar refractivity (Wildman–Crippen MR) is 67.7 cm³/mol. The topological polar surface area (TPSA) is 67.6 Å². The average molecular weight is 243 g/mol. The van der Waals surface area contributed by atoms with Gasteiger partial charge >= 0.3 is 0 Å². The fraction of sp³-hybridized carbons (Fsp3) is 0.917. The lowest BCUT2D eigenvalue weighted by Crippen LogP contribution is -2.53. The summed E-state index contributed by atoms with van der Waals surface area (Å²) in [4.78, 5) is 14.0. The lowest BCUT2D eigenvalue weighted by Gasteiger charge is -2.39. The number of nitrogens with two attached hydrogens (primary N) is 1. The van der Waals surface area contributed by atoms with Gasteiger partial charge in [-0.25, -0.2) is 0 Å². The number of piperidine rings is 1. The van der Waals surface area contributed by atoms with E-state index < -0.39 is 0 Å². The highest BCUT2D eigenvalue weighted by Crippen LogP contribution is 2.22. The van der Waals surface area contributed by atoms with Gasteiger partial charge in [-0.15, -0.1) is 0 Å². The van der Waals surface area contributed by atoms with Gasteiger partial charge in [0.15, 0.2) is 0 Å². The molecule has 1 amide bonds. The maximum absolute atomic E-state index is 12.0. The number of nitrogens with zero attached hydrogens (tertiary/aromatic N) is 1. The van der Waals surface area contributed by atoms with Gasteiger partial charge in [0.2, 0.25) is 5.91 Å². The van der Waals surface area contributed by atoms with Crippen LogP contribution in [0.5, 0.6) is 0 Å². The molecule has 0 saturated carbocycles. The van der Waals surface area contributed by atoms with Crippen molar-refractivity contribution < 1.29 is 9.53 Å². The van der Waals surface area contributed by atoms with E-state index in [0.29, 0.717) is 32.2 Å². The zero-order valence-electron chi connectivity index (χ0n) is 10.9. The normalized spacial score (nSPS) is 25.0. The fourth-order valence-corrected chi connectivity index (χ4v) is 2.39.